The lowest BCUT2D eigenvalue weighted by Gasteiger charge is -2.12. The fourth-order valence-electron chi connectivity index (χ4n) is 1.61. The van der Waals surface area contributed by atoms with Gasteiger partial charge in [0.1, 0.15) is 4.88 Å². The van der Waals surface area contributed by atoms with Crippen molar-refractivity contribution in [3.8, 4) is 0 Å². The summed E-state index contributed by atoms with van der Waals surface area (Å²) in [4.78, 5) is 16.1. The van der Waals surface area contributed by atoms with Gasteiger partial charge in [-0.1, -0.05) is 0 Å². The summed E-state index contributed by atoms with van der Waals surface area (Å²) in [7, 11) is 0. The number of hydrogen-bond donors (Lipinski definition) is 2. The van der Waals surface area contributed by atoms with Crippen LogP contribution < -0.4 is 5.32 Å². The first-order valence-electron chi connectivity index (χ1n) is 5.62. The number of thiophene rings is 1. The average Bonchev–Trinajstić information content (AvgIpc) is 2.86. The summed E-state index contributed by atoms with van der Waals surface area (Å²) in [5, 5.41) is 12.2. The van der Waals surface area contributed by atoms with Crippen molar-refractivity contribution in [3.63, 3.8) is 0 Å². The van der Waals surface area contributed by atoms with Crippen molar-refractivity contribution in [1.29, 1.82) is 0 Å². The molecule has 0 aliphatic carbocycles. The summed E-state index contributed by atoms with van der Waals surface area (Å²) in [5.74, 6) is -0.867. The first-order chi connectivity index (χ1) is 8.66. The van der Waals surface area contributed by atoms with Gasteiger partial charge in [0.25, 0.3) is 0 Å². The summed E-state index contributed by atoms with van der Waals surface area (Å²) in [6.07, 6.45) is 3.53. The van der Waals surface area contributed by atoms with Gasteiger partial charge in [-0.05, 0) is 36.8 Å². The van der Waals surface area contributed by atoms with Crippen molar-refractivity contribution in [3.05, 3.63) is 52.0 Å². The van der Waals surface area contributed by atoms with E-state index < -0.39 is 5.97 Å². The normalized spacial score (nSPS) is 12.3. The zero-order valence-electron chi connectivity index (χ0n) is 9.96. The highest BCUT2D eigenvalue weighted by molar-refractivity contribution is 7.13. The van der Waals surface area contributed by atoms with Gasteiger partial charge in [-0.3, -0.25) is 4.98 Å². The number of rotatable bonds is 5. The van der Waals surface area contributed by atoms with Crippen LogP contribution in [0, 0.1) is 0 Å². The van der Waals surface area contributed by atoms with Gasteiger partial charge in [0.05, 0.1) is 0 Å². The summed E-state index contributed by atoms with van der Waals surface area (Å²) in [6, 6.07) is 7.63. The van der Waals surface area contributed by atoms with Crippen LogP contribution in [0.1, 0.15) is 33.1 Å². The van der Waals surface area contributed by atoms with Gasteiger partial charge in [0.15, 0.2) is 0 Å². The Balaban J connectivity index is 1.93. The van der Waals surface area contributed by atoms with Crippen LogP contribution in [-0.4, -0.2) is 16.1 Å². The van der Waals surface area contributed by atoms with E-state index in [0.717, 1.165) is 4.88 Å². The monoisotopic (exact) mass is 262 g/mol. The Morgan fingerprint density at radius 2 is 2.11 bits per heavy atom. The molecular weight excluding hydrogens is 248 g/mol. The molecule has 2 heterocycles. The van der Waals surface area contributed by atoms with E-state index in [9.17, 15) is 4.79 Å². The van der Waals surface area contributed by atoms with Crippen molar-refractivity contribution in [2.75, 3.05) is 0 Å². The first kappa shape index (κ1) is 12.7. The Bertz CT molecular complexity index is 525. The minimum atomic E-state index is -0.867. The minimum Gasteiger partial charge on any atom is -0.477 e. The number of aromatic carboxylic acids is 1. The Labute approximate surface area is 109 Å². The van der Waals surface area contributed by atoms with Crippen LogP contribution >= 0.6 is 11.3 Å². The molecule has 0 spiro atoms. The summed E-state index contributed by atoms with van der Waals surface area (Å²) < 4.78 is 0. The standard InChI is InChI=1S/C13H14N2O2S/c1-9(10-4-6-14-7-5-10)15-8-11-2-3-12(18-11)13(16)17/h2-7,9,15H,8H2,1H3,(H,16,17). The van der Waals surface area contributed by atoms with Crippen LogP contribution in [0.4, 0.5) is 0 Å². The van der Waals surface area contributed by atoms with Gasteiger partial charge >= 0.3 is 5.97 Å². The molecule has 94 valence electrons. The molecule has 2 rings (SSSR count). The largest absolute Gasteiger partial charge is 0.477 e. The van der Waals surface area contributed by atoms with Gasteiger partial charge in [-0.25, -0.2) is 4.79 Å². The number of hydrogen-bond acceptors (Lipinski definition) is 4. The number of pyridine rings is 1. The van der Waals surface area contributed by atoms with E-state index in [2.05, 4.69) is 17.2 Å². The third-order valence-electron chi connectivity index (χ3n) is 2.66. The summed E-state index contributed by atoms with van der Waals surface area (Å²) in [6.45, 7) is 2.74. The zero-order chi connectivity index (χ0) is 13.0. The van der Waals surface area contributed by atoms with Crippen LogP contribution in [0.2, 0.25) is 0 Å². The molecule has 0 amide bonds. The van der Waals surface area contributed by atoms with Crippen LogP contribution in [-0.2, 0) is 6.54 Å². The van der Waals surface area contributed by atoms with Crippen LogP contribution in [0.3, 0.4) is 0 Å². The van der Waals surface area contributed by atoms with E-state index in [0.29, 0.717) is 11.4 Å². The average molecular weight is 262 g/mol. The lowest BCUT2D eigenvalue weighted by atomic mass is 10.1. The van der Waals surface area contributed by atoms with Crippen LogP contribution in [0.5, 0.6) is 0 Å². The van der Waals surface area contributed by atoms with Crippen molar-refractivity contribution < 1.29 is 9.90 Å². The highest BCUT2D eigenvalue weighted by atomic mass is 32.1. The second-order valence-corrected chi connectivity index (χ2v) is 5.12. The van der Waals surface area contributed by atoms with E-state index >= 15 is 0 Å². The van der Waals surface area contributed by atoms with Gasteiger partial charge in [-0.2, -0.15) is 0 Å². The van der Waals surface area contributed by atoms with Crippen molar-refractivity contribution >= 4 is 17.3 Å². The van der Waals surface area contributed by atoms with Crippen molar-refractivity contribution in [1.82, 2.24) is 10.3 Å². The van der Waals surface area contributed by atoms with E-state index in [-0.39, 0.29) is 6.04 Å². The molecule has 0 fully saturated rings. The molecule has 0 bridgehead atoms. The molecule has 0 aromatic carbocycles. The van der Waals surface area contributed by atoms with Gasteiger partial charge in [0, 0.05) is 29.9 Å². The molecule has 1 unspecified atom stereocenters. The maximum absolute atomic E-state index is 10.8. The molecule has 18 heavy (non-hydrogen) atoms. The molecule has 2 aromatic heterocycles. The summed E-state index contributed by atoms with van der Waals surface area (Å²) in [5.41, 5.74) is 1.17. The fourth-order valence-corrected chi connectivity index (χ4v) is 2.41. The zero-order valence-corrected chi connectivity index (χ0v) is 10.8. The topological polar surface area (TPSA) is 62.2 Å². The quantitative estimate of drug-likeness (QED) is 0.869. The molecule has 1 atom stereocenters. The Morgan fingerprint density at radius 1 is 1.39 bits per heavy atom. The highest BCUT2D eigenvalue weighted by Gasteiger charge is 2.08. The highest BCUT2D eigenvalue weighted by Crippen LogP contribution is 2.18. The minimum absolute atomic E-state index is 0.211. The number of carboxylic acid groups (broad SMARTS) is 1. The predicted octanol–water partition coefficient (Wildman–Crippen LogP) is 2.69. The third-order valence-corrected chi connectivity index (χ3v) is 3.73. The molecule has 0 radical (unpaired) electrons. The Kier molecular flexibility index (Phi) is 4.07. The first-order valence-corrected chi connectivity index (χ1v) is 6.44. The maximum atomic E-state index is 10.8. The van der Waals surface area contributed by atoms with Gasteiger partial charge in [0.2, 0.25) is 0 Å². The second kappa shape index (κ2) is 5.75. The number of carbonyl (C=O) groups is 1. The number of nitrogens with zero attached hydrogens (tertiary/aromatic N) is 1. The maximum Gasteiger partial charge on any atom is 0.345 e. The molecule has 5 heteroatoms. The Morgan fingerprint density at radius 3 is 2.72 bits per heavy atom. The number of nitrogens with one attached hydrogen (secondary N) is 1. The second-order valence-electron chi connectivity index (χ2n) is 3.95. The smallest absolute Gasteiger partial charge is 0.345 e. The molecule has 0 aliphatic rings. The predicted molar refractivity (Wildman–Crippen MR) is 70.8 cm³/mol. The molecule has 2 aromatic rings. The molecule has 0 saturated heterocycles. The molecule has 4 nitrogen and oxygen atoms in total. The lowest BCUT2D eigenvalue weighted by Crippen LogP contribution is -2.17. The molecule has 0 aliphatic heterocycles. The van der Waals surface area contributed by atoms with Crippen LogP contribution in [0.15, 0.2) is 36.7 Å². The van der Waals surface area contributed by atoms with Crippen molar-refractivity contribution in [2.24, 2.45) is 0 Å². The lowest BCUT2D eigenvalue weighted by molar-refractivity contribution is 0.0702. The van der Waals surface area contributed by atoms with E-state index in [1.165, 1.54) is 16.9 Å². The number of carboxylic acids is 1. The van der Waals surface area contributed by atoms with Gasteiger partial charge in [-0.15, -0.1) is 11.3 Å². The summed E-state index contributed by atoms with van der Waals surface area (Å²) >= 11 is 1.30. The Hall–Kier alpha value is -1.72. The fraction of sp³-hybridized carbons (Fsp3) is 0.231. The van der Waals surface area contributed by atoms with E-state index in [1.54, 1.807) is 18.5 Å². The molecular formula is C13H14N2O2S. The molecule has 0 saturated carbocycles. The third kappa shape index (κ3) is 3.15. The molecule has 2 N–H and O–H groups in total. The number of aromatic nitrogens is 1. The van der Waals surface area contributed by atoms with Crippen LogP contribution in [0.25, 0.3) is 0 Å². The SMILES string of the molecule is CC(NCc1ccc(C(=O)O)s1)c1ccncc1. The van der Waals surface area contributed by atoms with Crippen molar-refractivity contribution in [2.45, 2.75) is 19.5 Å². The van der Waals surface area contributed by atoms with E-state index in [1.807, 2.05) is 18.2 Å². The van der Waals surface area contributed by atoms with E-state index in [4.69, 9.17) is 5.11 Å². The van der Waals surface area contributed by atoms with Gasteiger partial charge < -0.3 is 10.4 Å².